The van der Waals surface area contributed by atoms with E-state index in [1.807, 2.05) is 67.3 Å². The summed E-state index contributed by atoms with van der Waals surface area (Å²) in [4.78, 5) is 28.7. The zero-order valence-electron chi connectivity index (χ0n) is 17.9. The quantitative estimate of drug-likeness (QED) is 0.584. The van der Waals surface area contributed by atoms with Gasteiger partial charge in [0.1, 0.15) is 0 Å². The van der Waals surface area contributed by atoms with E-state index < -0.39 is 0 Å². The summed E-state index contributed by atoms with van der Waals surface area (Å²) in [5.74, 6) is 0.683. The smallest absolute Gasteiger partial charge is 0.275 e. The van der Waals surface area contributed by atoms with Gasteiger partial charge in [-0.05, 0) is 43.2 Å². The molecule has 0 radical (unpaired) electrons. The van der Waals surface area contributed by atoms with Crippen LogP contribution in [-0.4, -0.2) is 26.6 Å². The van der Waals surface area contributed by atoms with Crippen molar-refractivity contribution in [2.75, 3.05) is 0 Å². The van der Waals surface area contributed by atoms with Gasteiger partial charge in [-0.15, -0.1) is 0 Å². The molecule has 0 saturated heterocycles. The Morgan fingerprint density at radius 3 is 2.30 bits per heavy atom. The van der Waals surface area contributed by atoms with Crippen LogP contribution in [0.5, 0.6) is 0 Å². The van der Waals surface area contributed by atoms with Gasteiger partial charge in [0.15, 0.2) is 5.69 Å². The number of nitrogens with zero attached hydrogens (tertiary/aromatic N) is 3. The van der Waals surface area contributed by atoms with Gasteiger partial charge >= 0.3 is 0 Å². The Bertz CT molecular complexity index is 1100. The first-order chi connectivity index (χ1) is 14.5. The normalized spacial score (nSPS) is 14.8. The summed E-state index contributed by atoms with van der Waals surface area (Å²) < 4.78 is 1.46. The summed E-state index contributed by atoms with van der Waals surface area (Å²) in [5, 5.41) is 5.76. The molecule has 1 saturated carbocycles. The van der Waals surface area contributed by atoms with E-state index in [0.717, 1.165) is 18.4 Å². The van der Waals surface area contributed by atoms with Crippen molar-refractivity contribution in [2.45, 2.75) is 52.7 Å². The molecule has 1 unspecified atom stereocenters. The zero-order valence-corrected chi connectivity index (χ0v) is 17.9. The molecule has 5 nitrogen and oxygen atoms in total. The fourth-order valence-corrected chi connectivity index (χ4v) is 4.01. The number of hydrogen-bond donors (Lipinski definition) is 0. The number of benzene rings is 2. The SMILES string of the molecule is CC(C)Cn1nc(C(=O)N(Cc2ccccc2)C(C)C2CC2)c2ccccc2c1=O. The van der Waals surface area contributed by atoms with Crippen molar-refractivity contribution in [3.63, 3.8) is 0 Å². The molecule has 5 heteroatoms. The molecule has 1 heterocycles. The molecule has 156 valence electrons. The van der Waals surface area contributed by atoms with Gasteiger partial charge in [0.25, 0.3) is 11.5 Å². The molecule has 1 amide bonds. The predicted octanol–water partition coefficient (Wildman–Crippen LogP) is 4.49. The Balaban J connectivity index is 1.80. The largest absolute Gasteiger partial charge is 0.330 e. The second kappa shape index (κ2) is 8.42. The van der Waals surface area contributed by atoms with Gasteiger partial charge in [-0.3, -0.25) is 9.59 Å². The molecule has 1 atom stereocenters. The van der Waals surface area contributed by atoms with Crippen LogP contribution in [0, 0.1) is 11.8 Å². The number of aromatic nitrogens is 2. The Hall–Kier alpha value is -2.95. The van der Waals surface area contributed by atoms with E-state index in [0.29, 0.717) is 35.5 Å². The third kappa shape index (κ3) is 4.16. The maximum atomic E-state index is 13.8. The second-order valence-electron chi connectivity index (χ2n) is 8.77. The van der Waals surface area contributed by atoms with Crippen LogP contribution in [0.1, 0.15) is 49.7 Å². The molecule has 3 aromatic rings. The fraction of sp³-hybridized carbons (Fsp3) is 0.400. The highest BCUT2D eigenvalue weighted by Gasteiger charge is 2.35. The molecule has 2 aromatic carbocycles. The first-order valence-electron chi connectivity index (χ1n) is 10.8. The Labute approximate surface area is 177 Å². The lowest BCUT2D eigenvalue weighted by molar-refractivity contribution is 0.0647. The molecule has 0 spiro atoms. The summed E-state index contributed by atoms with van der Waals surface area (Å²) in [7, 11) is 0. The van der Waals surface area contributed by atoms with E-state index >= 15 is 0 Å². The van der Waals surface area contributed by atoms with Crippen LogP contribution >= 0.6 is 0 Å². The van der Waals surface area contributed by atoms with Gasteiger partial charge in [-0.1, -0.05) is 62.4 Å². The van der Waals surface area contributed by atoms with Crippen molar-refractivity contribution in [1.29, 1.82) is 0 Å². The van der Waals surface area contributed by atoms with Gasteiger partial charge in [-0.25, -0.2) is 4.68 Å². The minimum absolute atomic E-state index is 0.105. The van der Waals surface area contributed by atoms with Crippen molar-refractivity contribution in [3.05, 3.63) is 76.2 Å². The predicted molar refractivity (Wildman–Crippen MR) is 119 cm³/mol. The second-order valence-corrected chi connectivity index (χ2v) is 8.77. The van der Waals surface area contributed by atoms with E-state index in [1.54, 1.807) is 6.07 Å². The highest BCUT2D eigenvalue weighted by atomic mass is 16.2. The minimum atomic E-state index is -0.138. The number of hydrogen-bond acceptors (Lipinski definition) is 3. The van der Waals surface area contributed by atoms with E-state index in [-0.39, 0.29) is 23.4 Å². The molecule has 1 aromatic heterocycles. The molecule has 0 N–H and O–H groups in total. The number of carbonyl (C=O) groups excluding carboxylic acids is 1. The lowest BCUT2D eigenvalue weighted by atomic mass is 10.1. The Kier molecular flexibility index (Phi) is 5.71. The summed E-state index contributed by atoms with van der Waals surface area (Å²) in [6.07, 6.45) is 2.31. The fourth-order valence-electron chi connectivity index (χ4n) is 4.01. The van der Waals surface area contributed by atoms with Crippen LogP contribution < -0.4 is 5.56 Å². The van der Waals surface area contributed by atoms with Crippen LogP contribution in [0.4, 0.5) is 0 Å². The van der Waals surface area contributed by atoms with E-state index in [2.05, 4.69) is 12.0 Å². The maximum absolute atomic E-state index is 13.8. The number of carbonyl (C=O) groups is 1. The molecule has 30 heavy (non-hydrogen) atoms. The topological polar surface area (TPSA) is 55.2 Å². The van der Waals surface area contributed by atoms with Crippen LogP contribution in [0.2, 0.25) is 0 Å². The molecule has 4 rings (SSSR count). The summed E-state index contributed by atoms with van der Waals surface area (Å²) in [5.41, 5.74) is 1.33. The summed E-state index contributed by atoms with van der Waals surface area (Å²) in [6.45, 7) is 7.24. The maximum Gasteiger partial charge on any atom is 0.275 e. The van der Waals surface area contributed by atoms with E-state index in [4.69, 9.17) is 0 Å². The number of rotatable bonds is 7. The molecule has 1 aliphatic rings. The van der Waals surface area contributed by atoms with Crippen molar-refractivity contribution < 1.29 is 4.79 Å². The molecule has 1 fully saturated rings. The van der Waals surface area contributed by atoms with Crippen LogP contribution in [-0.2, 0) is 13.1 Å². The van der Waals surface area contributed by atoms with Crippen LogP contribution in [0.3, 0.4) is 0 Å². The highest BCUT2D eigenvalue weighted by molar-refractivity contribution is 6.04. The van der Waals surface area contributed by atoms with Crippen molar-refractivity contribution in [2.24, 2.45) is 11.8 Å². The van der Waals surface area contributed by atoms with Gasteiger partial charge in [0.05, 0.1) is 5.39 Å². The highest BCUT2D eigenvalue weighted by Crippen LogP contribution is 2.36. The van der Waals surface area contributed by atoms with Crippen molar-refractivity contribution >= 4 is 16.7 Å². The Morgan fingerprint density at radius 2 is 1.67 bits per heavy atom. The molecule has 0 aliphatic heterocycles. The summed E-state index contributed by atoms with van der Waals surface area (Å²) >= 11 is 0. The van der Waals surface area contributed by atoms with Crippen LogP contribution in [0.25, 0.3) is 10.8 Å². The van der Waals surface area contributed by atoms with E-state index in [9.17, 15) is 9.59 Å². The van der Waals surface area contributed by atoms with Gasteiger partial charge in [0, 0.05) is 24.5 Å². The third-order valence-electron chi connectivity index (χ3n) is 5.86. The average Bonchev–Trinajstić information content (AvgIpc) is 3.59. The van der Waals surface area contributed by atoms with Crippen LogP contribution in [0.15, 0.2) is 59.4 Å². The minimum Gasteiger partial charge on any atom is -0.330 e. The Morgan fingerprint density at radius 1 is 1.03 bits per heavy atom. The number of fused-ring (bicyclic) bond motifs is 1. The zero-order chi connectivity index (χ0) is 21.3. The van der Waals surface area contributed by atoms with Crippen molar-refractivity contribution in [1.82, 2.24) is 14.7 Å². The van der Waals surface area contributed by atoms with Gasteiger partial charge in [-0.2, -0.15) is 5.10 Å². The monoisotopic (exact) mass is 403 g/mol. The first kappa shape index (κ1) is 20.3. The summed E-state index contributed by atoms with van der Waals surface area (Å²) in [6, 6.07) is 17.5. The lowest BCUT2D eigenvalue weighted by Gasteiger charge is -2.30. The lowest BCUT2D eigenvalue weighted by Crippen LogP contribution is -2.41. The molecular weight excluding hydrogens is 374 g/mol. The van der Waals surface area contributed by atoms with E-state index in [1.165, 1.54) is 4.68 Å². The van der Waals surface area contributed by atoms with Gasteiger partial charge in [0.2, 0.25) is 0 Å². The standard InChI is InChI=1S/C25H29N3O2/c1-17(2)15-28-24(29)22-12-8-7-11-21(22)23(26-28)25(30)27(18(3)20-13-14-20)16-19-9-5-4-6-10-19/h4-12,17-18,20H,13-16H2,1-3H3. The first-order valence-corrected chi connectivity index (χ1v) is 10.8. The van der Waals surface area contributed by atoms with Crippen molar-refractivity contribution in [3.8, 4) is 0 Å². The third-order valence-corrected chi connectivity index (χ3v) is 5.86. The van der Waals surface area contributed by atoms with Gasteiger partial charge < -0.3 is 4.90 Å². The molecular formula is C25H29N3O2. The average molecular weight is 404 g/mol. The molecule has 0 bridgehead atoms. The number of amides is 1. The molecule has 1 aliphatic carbocycles.